The van der Waals surface area contributed by atoms with Gasteiger partial charge in [0.1, 0.15) is 5.75 Å². The first-order valence-electron chi connectivity index (χ1n) is 11.4. The summed E-state index contributed by atoms with van der Waals surface area (Å²) < 4.78 is 46.4. The quantitative estimate of drug-likeness (QED) is 0.505. The SMILES string of the molecule is COc1cccc2c1CN(C(=O)C(F)(F)F)C[C@@]([Si])(CCc1ccccc1)N2Cc1cc(N)ccn1. The highest BCUT2D eigenvalue weighted by Crippen LogP contribution is 2.40. The highest BCUT2D eigenvalue weighted by molar-refractivity contribution is 6.18. The molecule has 0 bridgehead atoms. The summed E-state index contributed by atoms with van der Waals surface area (Å²) in [4.78, 5) is 19.8. The van der Waals surface area contributed by atoms with E-state index in [4.69, 9.17) is 10.5 Å². The predicted octanol–water partition coefficient (Wildman–Crippen LogP) is 4.08. The van der Waals surface area contributed by atoms with Crippen LogP contribution in [0.15, 0.2) is 66.9 Å². The number of alkyl halides is 3. The highest BCUT2D eigenvalue weighted by atomic mass is 28.1. The second-order valence-corrected chi connectivity index (χ2v) is 9.73. The van der Waals surface area contributed by atoms with Crippen LogP contribution in [0.3, 0.4) is 0 Å². The summed E-state index contributed by atoms with van der Waals surface area (Å²) in [6, 6.07) is 18.3. The summed E-state index contributed by atoms with van der Waals surface area (Å²) in [5.41, 5.74) is 9.31. The molecule has 0 saturated heterocycles. The Balaban J connectivity index is 1.84. The number of carbonyl (C=O) groups excluding carboxylic acids is 1. The van der Waals surface area contributed by atoms with Gasteiger partial charge < -0.3 is 20.3 Å². The summed E-state index contributed by atoms with van der Waals surface area (Å²) in [6.07, 6.45) is -2.44. The van der Waals surface area contributed by atoms with Crippen molar-refractivity contribution in [1.82, 2.24) is 9.88 Å². The number of nitrogens with two attached hydrogens (primary N) is 1. The van der Waals surface area contributed by atoms with Crippen molar-refractivity contribution in [3.05, 3.63) is 83.7 Å². The van der Waals surface area contributed by atoms with E-state index in [0.29, 0.717) is 41.2 Å². The maximum Gasteiger partial charge on any atom is 0.471 e. The normalized spacial score (nSPS) is 17.9. The summed E-state index contributed by atoms with van der Waals surface area (Å²) in [7, 11) is 5.33. The fourth-order valence-electron chi connectivity index (χ4n) is 4.55. The first-order valence-corrected chi connectivity index (χ1v) is 11.9. The van der Waals surface area contributed by atoms with E-state index >= 15 is 0 Å². The lowest BCUT2D eigenvalue weighted by molar-refractivity contribution is -0.186. The van der Waals surface area contributed by atoms with Crippen molar-refractivity contribution in [2.45, 2.75) is 37.3 Å². The Morgan fingerprint density at radius 1 is 1.17 bits per heavy atom. The molecule has 1 aromatic heterocycles. The lowest BCUT2D eigenvalue weighted by Gasteiger charge is -2.44. The fraction of sp³-hybridized carbons (Fsp3) is 0.308. The molecule has 0 unspecified atom stereocenters. The number of benzene rings is 2. The van der Waals surface area contributed by atoms with Gasteiger partial charge in [-0.05, 0) is 42.7 Å². The van der Waals surface area contributed by atoms with E-state index in [0.717, 1.165) is 10.5 Å². The number of pyridine rings is 1. The van der Waals surface area contributed by atoms with Crippen LogP contribution in [0, 0.1) is 0 Å². The maximum atomic E-state index is 13.6. The van der Waals surface area contributed by atoms with Crippen molar-refractivity contribution in [1.29, 1.82) is 0 Å². The second-order valence-electron chi connectivity index (χ2n) is 8.80. The summed E-state index contributed by atoms with van der Waals surface area (Å²) in [5.74, 6) is -1.50. The van der Waals surface area contributed by atoms with Crippen LogP contribution in [-0.2, 0) is 24.3 Å². The molecule has 3 aromatic rings. The van der Waals surface area contributed by atoms with Gasteiger partial charge in [-0.1, -0.05) is 36.4 Å². The molecule has 4 rings (SSSR count). The van der Waals surface area contributed by atoms with Gasteiger partial charge in [-0.3, -0.25) is 9.78 Å². The number of methoxy groups -OCH3 is 1. The van der Waals surface area contributed by atoms with Gasteiger partial charge in [-0.2, -0.15) is 13.2 Å². The van der Waals surface area contributed by atoms with Crippen LogP contribution in [0.5, 0.6) is 5.75 Å². The van der Waals surface area contributed by atoms with Crippen molar-refractivity contribution in [2.75, 3.05) is 24.3 Å². The smallest absolute Gasteiger partial charge is 0.471 e. The first-order chi connectivity index (χ1) is 17.1. The van der Waals surface area contributed by atoms with Crippen LogP contribution < -0.4 is 15.4 Å². The molecule has 1 aliphatic rings. The average Bonchev–Trinajstić information content (AvgIpc) is 2.97. The lowest BCUT2D eigenvalue weighted by atomic mass is 10.0. The molecule has 2 heterocycles. The molecule has 3 radical (unpaired) electrons. The van der Waals surface area contributed by atoms with Gasteiger partial charge in [0.05, 0.1) is 36.1 Å². The minimum absolute atomic E-state index is 0.213. The molecule has 10 heteroatoms. The molecule has 2 aromatic carbocycles. The van der Waals surface area contributed by atoms with Crippen molar-refractivity contribution in [3.63, 3.8) is 0 Å². The second kappa shape index (κ2) is 10.2. The van der Waals surface area contributed by atoms with E-state index in [1.807, 2.05) is 41.3 Å². The van der Waals surface area contributed by atoms with Gasteiger partial charge in [0.15, 0.2) is 0 Å². The zero-order valence-electron chi connectivity index (χ0n) is 19.8. The average molecular weight is 512 g/mol. The van der Waals surface area contributed by atoms with Gasteiger partial charge >= 0.3 is 12.1 Å². The van der Waals surface area contributed by atoms with E-state index in [1.165, 1.54) is 7.11 Å². The summed E-state index contributed by atoms with van der Waals surface area (Å²) in [6.45, 7) is -0.219. The monoisotopic (exact) mass is 511 g/mol. The topological polar surface area (TPSA) is 71.7 Å². The zero-order valence-corrected chi connectivity index (χ0v) is 20.8. The van der Waals surface area contributed by atoms with E-state index < -0.39 is 17.2 Å². The van der Waals surface area contributed by atoms with Gasteiger partial charge in [-0.15, -0.1) is 0 Å². The van der Waals surface area contributed by atoms with Crippen molar-refractivity contribution >= 4 is 27.5 Å². The predicted molar refractivity (Wildman–Crippen MR) is 133 cm³/mol. The Kier molecular flexibility index (Phi) is 7.25. The standard InChI is InChI=1S/C26H26F3N4O2Si/c1-35-23-9-5-8-22-21(23)16-32(24(34)26(27,28)29)17-25(36,12-10-18-6-3-2-4-7-18)33(22)15-20-14-19(30)11-13-31-20/h2-9,11,13-14H,10,12,15-17H2,1H3,(H2,30,31)/t25-/m0/s1. The van der Waals surface area contributed by atoms with Gasteiger partial charge in [0, 0.05) is 34.8 Å². The molecule has 36 heavy (non-hydrogen) atoms. The third-order valence-corrected chi connectivity index (χ3v) is 6.98. The van der Waals surface area contributed by atoms with Crippen LogP contribution in [-0.4, -0.2) is 51.0 Å². The van der Waals surface area contributed by atoms with E-state index in [2.05, 4.69) is 15.2 Å². The number of halogens is 3. The van der Waals surface area contributed by atoms with E-state index in [-0.39, 0.29) is 19.6 Å². The molecule has 0 saturated carbocycles. The molecule has 1 aliphatic heterocycles. The molecule has 0 aliphatic carbocycles. The molecular formula is C26H26F3N4O2Si. The van der Waals surface area contributed by atoms with Gasteiger partial charge in [0.25, 0.3) is 0 Å². The highest BCUT2D eigenvalue weighted by Gasteiger charge is 2.47. The molecule has 0 fully saturated rings. The number of ether oxygens (including phenoxy) is 1. The van der Waals surface area contributed by atoms with E-state index in [9.17, 15) is 18.0 Å². The molecule has 6 nitrogen and oxygen atoms in total. The van der Waals surface area contributed by atoms with Crippen LogP contribution >= 0.6 is 0 Å². The molecule has 1 atom stereocenters. The Hall–Kier alpha value is -3.53. The van der Waals surface area contributed by atoms with Gasteiger partial charge in [0.2, 0.25) is 0 Å². The third-order valence-electron chi connectivity index (χ3n) is 6.30. The van der Waals surface area contributed by atoms with Crippen LogP contribution in [0.2, 0.25) is 0 Å². The maximum absolute atomic E-state index is 13.6. The molecule has 187 valence electrons. The fourth-order valence-corrected chi connectivity index (χ4v) is 5.07. The number of amides is 1. The number of hydrogen-bond acceptors (Lipinski definition) is 5. The number of nitrogens with zero attached hydrogens (tertiary/aromatic N) is 3. The van der Waals surface area contributed by atoms with E-state index in [1.54, 1.807) is 30.5 Å². The number of anilines is 2. The number of rotatable bonds is 6. The van der Waals surface area contributed by atoms with Crippen LogP contribution in [0.4, 0.5) is 24.5 Å². The largest absolute Gasteiger partial charge is 0.496 e. The zero-order chi connectivity index (χ0) is 25.9. The lowest BCUT2D eigenvalue weighted by Crippen LogP contribution is -2.57. The Bertz CT molecular complexity index is 1230. The molecular weight excluding hydrogens is 485 g/mol. The van der Waals surface area contributed by atoms with Crippen molar-refractivity contribution in [3.8, 4) is 5.75 Å². The minimum atomic E-state index is -5.01. The van der Waals surface area contributed by atoms with Crippen molar-refractivity contribution < 1.29 is 22.7 Å². The number of carbonyl (C=O) groups is 1. The number of aromatic nitrogens is 1. The number of aryl methyl sites for hydroxylation is 1. The Morgan fingerprint density at radius 3 is 2.58 bits per heavy atom. The summed E-state index contributed by atoms with van der Waals surface area (Å²) >= 11 is 0. The minimum Gasteiger partial charge on any atom is -0.496 e. The van der Waals surface area contributed by atoms with Crippen LogP contribution in [0.1, 0.15) is 23.2 Å². The molecule has 1 amide bonds. The third kappa shape index (κ3) is 5.48. The van der Waals surface area contributed by atoms with Gasteiger partial charge in [-0.25, -0.2) is 0 Å². The number of hydrogen-bond donors (Lipinski definition) is 1. The van der Waals surface area contributed by atoms with Crippen LogP contribution in [0.25, 0.3) is 0 Å². The number of fused-ring (bicyclic) bond motifs is 1. The Labute approximate surface area is 211 Å². The van der Waals surface area contributed by atoms with Crippen molar-refractivity contribution in [2.24, 2.45) is 0 Å². The molecule has 0 spiro atoms. The first kappa shape index (κ1) is 25.6. The Morgan fingerprint density at radius 2 is 1.92 bits per heavy atom. The number of nitrogen functional groups attached to an aromatic ring is 1. The summed E-state index contributed by atoms with van der Waals surface area (Å²) in [5, 5.41) is -1.05. The molecule has 2 N–H and O–H groups in total.